The number of carbonyl (C=O) groups excluding carboxylic acids is 1. The van der Waals surface area contributed by atoms with E-state index in [0.29, 0.717) is 6.04 Å². The molecule has 0 radical (unpaired) electrons. The minimum Gasteiger partial charge on any atom is -0.352 e. The molecule has 0 aliphatic heterocycles. The quantitative estimate of drug-likeness (QED) is 0.787. The maximum absolute atomic E-state index is 11.9. The number of rotatable bonds is 6. The summed E-state index contributed by atoms with van der Waals surface area (Å²) in [5.41, 5.74) is 6.72. The number of aromatic nitrogens is 3. The summed E-state index contributed by atoms with van der Waals surface area (Å²) in [5, 5.41) is 11.0. The molecule has 1 heterocycles. The van der Waals surface area contributed by atoms with E-state index in [1.807, 2.05) is 6.92 Å². The predicted octanol–water partition coefficient (Wildman–Crippen LogP) is 0.918. The summed E-state index contributed by atoms with van der Waals surface area (Å²) in [5.74, 6) is -0.00184. The molecule has 1 aromatic rings. The molecule has 1 aromatic heterocycles. The molecule has 1 amide bonds. The molecule has 0 spiro atoms. The molecule has 0 saturated heterocycles. The third kappa shape index (κ3) is 3.07. The van der Waals surface area contributed by atoms with Gasteiger partial charge in [-0.15, -0.1) is 5.10 Å². The van der Waals surface area contributed by atoms with Crippen LogP contribution < -0.4 is 11.1 Å². The summed E-state index contributed by atoms with van der Waals surface area (Å²) in [6.07, 6.45) is 5.83. The maximum atomic E-state index is 11.9. The first-order valence-electron chi connectivity index (χ1n) is 6.59. The van der Waals surface area contributed by atoms with Gasteiger partial charge < -0.3 is 11.1 Å². The van der Waals surface area contributed by atoms with Crippen LogP contribution in [0.1, 0.15) is 57.3 Å². The monoisotopic (exact) mass is 251 g/mol. The van der Waals surface area contributed by atoms with Crippen molar-refractivity contribution in [3.05, 3.63) is 11.9 Å². The van der Waals surface area contributed by atoms with Gasteiger partial charge in [-0.2, -0.15) is 0 Å². The summed E-state index contributed by atoms with van der Waals surface area (Å²) in [7, 11) is 0. The van der Waals surface area contributed by atoms with Crippen LogP contribution in [-0.4, -0.2) is 26.9 Å². The molecule has 2 unspecified atom stereocenters. The Morgan fingerprint density at radius 3 is 3.00 bits per heavy atom. The van der Waals surface area contributed by atoms with E-state index in [2.05, 4.69) is 22.6 Å². The zero-order valence-corrected chi connectivity index (χ0v) is 11.0. The second-order valence-corrected chi connectivity index (χ2v) is 4.98. The number of nitrogens with one attached hydrogen (secondary N) is 1. The summed E-state index contributed by atoms with van der Waals surface area (Å²) < 4.78 is 1.59. The summed E-state index contributed by atoms with van der Waals surface area (Å²) in [4.78, 5) is 11.9. The lowest BCUT2D eigenvalue weighted by Crippen LogP contribution is -2.32. The van der Waals surface area contributed by atoms with Gasteiger partial charge in [-0.3, -0.25) is 4.79 Å². The molecule has 1 saturated carbocycles. The fraction of sp³-hybridized carbons (Fsp3) is 0.750. The second-order valence-electron chi connectivity index (χ2n) is 4.98. The van der Waals surface area contributed by atoms with E-state index in [4.69, 9.17) is 5.73 Å². The Kier molecular flexibility index (Phi) is 3.96. The Labute approximate surface area is 107 Å². The van der Waals surface area contributed by atoms with Gasteiger partial charge in [0, 0.05) is 6.04 Å². The minimum atomic E-state index is -0.333. The number of nitrogens with two attached hydrogens (primary N) is 1. The van der Waals surface area contributed by atoms with Crippen LogP contribution in [0.3, 0.4) is 0 Å². The zero-order chi connectivity index (χ0) is 13.1. The molecule has 6 heteroatoms. The molecule has 0 aromatic carbocycles. The third-order valence-electron chi connectivity index (χ3n) is 3.21. The minimum absolute atomic E-state index is 0.00184. The van der Waals surface area contributed by atoms with Crippen LogP contribution in [-0.2, 0) is 4.79 Å². The van der Waals surface area contributed by atoms with E-state index in [1.165, 1.54) is 0 Å². The van der Waals surface area contributed by atoms with Gasteiger partial charge in [0.1, 0.15) is 6.04 Å². The molecule has 1 fully saturated rings. The molecular formula is C12H21N5O. The lowest BCUT2D eigenvalue weighted by molar-refractivity contribution is -0.124. The zero-order valence-electron chi connectivity index (χ0n) is 11.0. The lowest BCUT2D eigenvalue weighted by atomic mass is 10.1. The van der Waals surface area contributed by atoms with E-state index in [-0.39, 0.29) is 18.0 Å². The fourth-order valence-electron chi connectivity index (χ4n) is 1.78. The first-order chi connectivity index (χ1) is 8.61. The van der Waals surface area contributed by atoms with Crippen molar-refractivity contribution in [3.63, 3.8) is 0 Å². The van der Waals surface area contributed by atoms with E-state index in [9.17, 15) is 4.79 Å². The van der Waals surface area contributed by atoms with Crippen LogP contribution in [0.4, 0.5) is 0 Å². The van der Waals surface area contributed by atoms with Crippen molar-refractivity contribution >= 4 is 5.91 Å². The molecule has 2 rings (SSSR count). The summed E-state index contributed by atoms with van der Waals surface area (Å²) >= 11 is 0. The van der Waals surface area contributed by atoms with Crippen molar-refractivity contribution in [1.29, 1.82) is 0 Å². The van der Waals surface area contributed by atoms with Gasteiger partial charge in [0.05, 0.1) is 17.9 Å². The van der Waals surface area contributed by atoms with E-state index < -0.39 is 0 Å². The SMILES string of the molecule is CCCC(N)c1cn(C(C)C(=O)NC2CC2)nn1. The highest BCUT2D eigenvalue weighted by Crippen LogP contribution is 2.20. The van der Waals surface area contributed by atoms with Gasteiger partial charge in [0.15, 0.2) is 0 Å². The van der Waals surface area contributed by atoms with Crippen LogP contribution in [0, 0.1) is 0 Å². The van der Waals surface area contributed by atoms with Crippen LogP contribution in [0.25, 0.3) is 0 Å². The van der Waals surface area contributed by atoms with E-state index >= 15 is 0 Å². The molecule has 1 aliphatic rings. The molecule has 0 bridgehead atoms. The van der Waals surface area contributed by atoms with Gasteiger partial charge in [-0.05, 0) is 26.2 Å². The average Bonchev–Trinajstić information content (AvgIpc) is 3.02. The highest BCUT2D eigenvalue weighted by molar-refractivity contribution is 5.80. The second kappa shape index (κ2) is 5.48. The highest BCUT2D eigenvalue weighted by atomic mass is 16.2. The van der Waals surface area contributed by atoms with E-state index in [0.717, 1.165) is 31.4 Å². The van der Waals surface area contributed by atoms with Crippen LogP contribution in [0.15, 0.2) is 6.20 Å². The number of hydrogen-bond acceptors (Lipinski definition) is 4. The van der Waals surface area contributed by atoms with Gasteiger partial charge in [-0.1, -0.05) is 18.6 Å². The lowest BCUT2D eigenvalue weighted by Gasteiger charge is -2.11. The Morgan fingerprint density at radius 2 is 2.39 bits per heavy atom. The number of carbonyl (C=O) groups is 1. The molecule has 100 valence electrons. The standard InChI is InChI=1S/C12H21N5O/c1-3-4-10(13)11-7-17(16-15-11)8(2)12(18)14-9-5-6-9/h7-10H,3-6,13H2,1-2H3,(H,14,18). The van der Waals surface area contributed by atoms with Crippen molar-refractivity contribution in [1.82, 2.24) is 20.3 Å². The highest BCUT2D eigenvalue weighted by Gasteiger charge is 2.26. The normalized spacial score (nSPS) is 18.4. The molecule has 2 atom stereocenters. The van der Waals surface area contributed by atoms with Crippen LogP contribution in [0.2, 0.25) is 0 Å². The predicted molar refractivity (Wildman–Crippen MR) is 67.7 cm³/mol. The Morgan fingerprint density at radius 1 is 1.67 bits per heavy atom. The van der Waals surface area contributed by atoms with Crippen molar-refractivity contribution in [3.8, 4) is 0 Å². The van der Waals surface area contributed by atoms with Gasteiger partial charge in [0.25, 0.3) is 0 Å². The fourth-order valence-corrected chi connectivity index (χ4v) is 1.78. The molecule has 18 heavy (non-hydrogen) atoms. The number of hydrogen-bond donors (Lipinski definition) is 2. The van der Waals surface area contributed by atoms with E-state index in [1.54, 1.807) is 10.9 Å². The van der Waals surface area contributed by atoms with Gasteiger partial charge >= 0.3 is 0 Å². The summed E-state index contributed by atoms with van der Waals surface area (Å²) in [6, 6.07) is -0.0617. The summed E-state index contributed by atoms with van der Waals surface area (Å²) in [6.45, 7) is 3.90. The van der Waals surface area contributed by atoms with Crippen molar-refractivity contribution in [2.24, 2.45) is 5.73 Å². The molecule has 6 nitrogen and oxygen atoms in total. The Balaban J connectivity index is 1.97. The van der Waals surface area contributed by atoms with Gasteiger partial charge in [-0.25, -0.2) is 4.68 Å². The number of nitrogens with zero attached hydrogens (tertiary/aromatic N) is 3. The largest absolute Gasteiger partial charge is 0.352 e. The molecular weight excluding hydrogens is 230 g/mol. The number of amides is 1. The maximum Gasteiger partial charge on any atom is 0.244 e. The third-order valence-corrected chi connectivity index (χ3v) is 3.21. The molecule has 1 aliphatic carbocycles. The smallest absolute Gasteiger partial charge is 0.244 e. The van der Waals surface area contributed by atoms with Crippen molar-refractivity contribution in [2.75, 3.05) is 0 Å². The topological polar surface area (TPSA) is 85.8 Å². The first-order valence-corrected chi connectivity index (χ1v) is 6.59. The first kappa shape index (κ1) is 13.0. The van der Waals surface area contributed by atoms with Crippen molar-refractivity contribution < 1.29 is 4.79 Å². The van der Waals surface area contributed by atoms with Gasteiger partial charge in [0.2, 0.25) is 5.91 Å². The van der Waals surface area contributed by atoms with Crippen molar-refractivity contribution in [2.45, 2.75) is 57.7 Å². The van der Waals surface area contributed by atoms with Crippen LogP contribution >= 0.6 is 0 Å². The average molecular weight is 251 g/mol. The Bertz CT molecular complexity index is 412. The molecule has 3 N–H and O–H groups in total. The Hall–Kier alpha value is -1.43. The van der Waals surface area contributed by atoms with Crippen LogP contribution in [0.5, 0.6) is 0 Å².